The van der Waals surface area contributed by atoms with Gasteiger partial charge in [-0.15, -0.1) is 0 Å². The second kappa shape index (κ2) is 7.11. The van der Waals surface area contributed by atoms with Gasteiger partial charge in [0.25, 0.3) is 0 Å². The molecule has 1 aliphatic rings. The highest BCUT2D eigenvalue weighted by atomic mass is 79.9. The molecule has 1 aromatic heterocycles. The molecule has 2 unspecified atom stereocenters. The molecule has 0 radical (unpaired) electrons. The fourth-order valence-electron chi connectivity index (χ4n) is 2.62. The number of halogens is 1. The molecule has 1 aromatic rings. The predicted molar refractivity (Wildman–Crippen MR) is 85.8 cm³/mol. The lowest BCUT2D eigenvalue weighted by molar-refractivity contribution is 0.210. The third kappa shape index (κ3) is 3.35. The summed E-state index contributed by atoms with van der Waals surface area (Å²) in [6.45, 7) is 7.36. The third-order valence-electron chi connectivity index (χ3n) is 3.68. The molecule has 1 saturated heterocycles. The van der Waals surface area contributed by atoms with Crippen molar-refractivity contribution in [3.63, 3.8) is 0 Å². The van der Waals surface area contributed by atoms with Gasteiger partial charge >= 0.3 is 0 Å². The Morgan fingerprint density at radius 3 is 3.00 bits per heavy atom. The molecule has 1 fully saturated rings. The lowest BCUT2D eigenvalue weighted by atomic mass is 10.0. The van der Waals surface area contributed by atoms with Crippen molar-refractivity contribution in [2.45, 2.75) is 32.5 Å². The summed E-state index contributed by atoms with van der Waals surface area (Å²) >= 11 is 5.72. The summed E-state index contributed by atoms with van der Waals surface area (Å²) in [6, 6.07) is 0.858. The van der Waals surface area contributed by atoms with Crippen LogP contribution in [0.1, 0.15) is 25.6 Å². The van der Waals surface area contributed by atoms with Crippen LogP contribution in [0.2, 0.25) is 0 Å². The molecule has 2 rings (SSSR count). The van der Waals surface area contributed by atoms with E-state index in [1.165, 1.54) is 17.2 Å². The Morgan fingerprint density at radius 1 is 1.58 bits per heavy atom. The maximum absolute atomic E-state index is 4.46. The van der Waals surface area contributed by atoms with E-state index in [0.717, 1.165) is 24.1 Å². The zero-order chi connectivity index (χ0) is 13.8. The molecule has 108 valence electrons. The largest absolute Gasteiger partial charge is 0.308 e. The van der Waals surface area contributed by atoms with E-state index in [4.69, 9.17) is 0 Å². The Morgan fingerprint density at radius 2 is 2.37 bits per heavy atom. The van der Waals surface area contributed by atoms with Crippen molar-refractivity contribution in [2.24, 2.45) is 0 Å². The first-order chi connectivity index (χ1) is 9.19. The topological polar surface area (TPSA) is 33.1 Å². The number of nitrogens with one attached hydrogen (secondary N) is 1. The van der Waals surface area contributed by atoms with Crippen LogP contribution in [0.3, 0.4) is 0 Å². The van der Waals surface area contributed by atoms with E-state index in [1.807, 2.05) is 6.20 Å². The molecule has 0 aromatic carbocycles. The molecular weight excluding hydrogens is 324 g/mol. The molecule has 0 saturated carbocycles. The van der Waals surface area contributed by atoms with Crippen LogP contribution in [0.15, 0.2) is 10.7 Å². The van der Waals surface area contributed by atoms with Gasteiger partial charge in [-0.2, -0.15) is 16.9 Å². The minimum atomic E-state index is 0.333. The number of rotatable bonds is 5. The average Bonchev–Trinajstić information content (AvgIpc) is 2.78. The van der Waals surface area contributed by atoms with Crippen molar-refractivity contribution >= 4 is 27.7 Å². The van der Waals surface area contributed by atoms with Crippen LogP contribution in [-0.4, -0.2) is 52.4 Å². The monoisotopic (exact) mass is 346 g/mol. The number of hydrogen-bond acceptors (Lipinski definition) is 4. The molecule has 19 heavy (non-hydrogen) atoms. The third-order valence-corrected chi connectivity index (χ3v) is 5.34. The molecule has 0 amide bonds. The molecule has 0 aliphatic carbocycles. The fraction of sp³-hybridized carbons (Fsp3) is 0.769. The summed E-state index contributed by atoms with van der Waals surface area (Å²) < 4.78 is 3.22. The van der Waals surface area contributed by atoms with Gasteiger partial charge in [-0.25, -0.2) is 0 Å². The SMILES string of the molecule is CCNC(c1c(Br)cnn1CC)C1CSCCN1C. The molecule has 2 atom stereocenters. The van der Waals surface area contributed by atoms with Gasteiger partial charge in [-0.05, 0) is 36.4 Å². The van der Waals surface area contributed by atoms with Gasteiger partial charge in [0, 0.05) is 30.6 Å². The molecular formula is C13H23BrN4S. The highest BCUT2D eigenvalue weighted by molar-refractivity contribution is 9.10. The van der Waals surface area contributed by atoms with Crippen molar-refractivity contribution in [3.8, 4) is 0 Å². The van der Waals surface area contributed by atoms with E-state index < -0.39 is 0 Å². The number of aromatic nitrogens is 2. The van der Waals surface area contributed by atoms with Crippen molar-refractivity contribution in [1.29, 1.82) is 0 Å². The predicted octanol–water partition coefficient (Wildman–Crippen LogP) is 2.36. The standard InChI is InChI=1S/C13H23BrN4S/c1-4-15-12(11-9-19-7-6-17(11)3)13-10(14)8-16-18(13)5-2/h8,11-12,15H,4-7,9H2,1-3H3. The van der Waals surface area contributed by atoms with Crippen LogP contribution in [0.4, 0.5) is 0 Å². The molecule has 4 nitrogen and oxygen atoms in total. The van der Waals surface area contributed by atoms with Crippen LogP contribution in [0.25, 0.3) is 0 Å². The number of aryl methyl sites for hydroxylation is 1. The molecule has 6 heteroatoms. The van der Waals surface area contributed by atoms with Crippen LogP contribution in [-0.2, 0) is 6.54 Å². The first-order valence-electron chi connectivity index (χ1n) is 6.91. The van der Waals surface area contributed by atoms with Crippen LogP contribution in [0, 0.1) is 0 Å². The van der Waals surface area contributed by atoms with Gasteiger partial charge in [0.2, 0.25) is 0 Å². The van der Waals surface area contributed by atoms with Gasteiger partial charge < -0.3 is 5.32 Å². The summed E-state index contributed by atoms with van der Waals surface area (Å²) in [6.07, 6.45) is 1.92. The van der Waals surface area contributed by atoms with E-state index >= 15 is 0 Å². The summed E-state index contributed by atoms with van der Waals surface area (Å²) in [5, 5.41) is 8.12. The Hall–Kier alpha value is -0.0400. The Balaban J connectivity index is 2.30. The summed E-state index contributed by atoms with van der Waals surface area (Å²) in [5.74, 6) is 2.41. The van der Waals surface area contributed by atoms with E-state index in [2.05, 4.69) is 68.6 Å². The van der Waals surface area contributed by atoms with Crippen molar-refractivity contribution in [3.05, 3.63) is 16.4 Å². The smallest absolute Gasteiger partial charge is 0.0711 e. The fourth-order valence-corrected chi connectivity index (χ4v) is 4.44. The van der Waals surface area contributed by atoms with E-state index in [9.17, 15) is 0 Å². The van der Waals surface area contributed by atoms with Crippen molar-refractivity contribution in [2.75, 3.05) is 31.6 Å². The van der Waals surface area contributed by atoms with Crippen molar-refractivity contribution in [1.82, 2.24) is 20.0 Å². The van der Waals surface area contributed by atoms with Crippen LogP contribution >= 0.6 is 27.7 Å². The molecule has 2 heterocycles. The Labute approximate surface area is 128 Å². The summed E-state index contributed by atoms with van der Waals surface area (Å²) in [5.41, 5.74) is 1.28. The second-order valence-corrected chi connectivity index (χ2v) is 6.86. The van der Waals surface area contributed by atoms with Gasteiger partial charge in [0.15, 0.2) is 0 Å². The quantitative estimate of drug-likeness (QED) is 0.887. The Kier molecular flexibility index (Phi) is 5.74. The van der Waals surface area contributed by atoms with E-state index in [0.29, 0.717) is 12.1 Å². The van der Waals surface area contributed by atoms with E-state index in [-0.39, 0.29) is 0 Å². The zero-order valence-electron chi connectivity index (χ0n) is 11.9. The normalized spacial score (nSPS) is 22.6. The highest BCUT2D eigenvalue weighted by Gasteiger charge is 2.32. The number of nitrogens with zero attached hydrogens (tertiary/aromatic N) is 3. The molecule has 1 N–H and O–H groups in total. The van der Waals surface area contributed by atoms with Gasteiger partial charge in [-0.1, -0.05) is 6.92 Å². The van der Waals surface area contributed by atoms with Gasteiger partial charge in [0.1, 0.15) is 0 Å². The summed E-state index contributed by atoms with van der Waals surface area (Å²) in [7, 11) is 2.23. The van der Waals surface area contributed by atoms with Crippen molar-refractivity contribution < 1.29 is 0 Å². The number of likely N-dealkylation sites (N-methyl/N-ethyl adjacent to an activating group) is 2. The first kappa shape index (κ1) is 15.4. The first-order valence-corrected chi connectivity index (χ1v) is 8.86. The Bertz CT molecular complexity index is 409. The van der Waals surface area contributed by atoms with Gasteiger partial charge in [0.05, 0.1) is 22.4 Å². The lowest BCUT2D eigenvalue weighted by Gasteiger charge is -2.38. The average molecular weight is 347 g/mol. The maximum Gasteiger partial charge on any atom is 0.0711 e. The molecule has 0 bridgehead atoms. The maximum atomic E-state index is 4.46. The van der Waals surface area contributed by atoms with Gasteiger partial charge in [-0.3, -0.25) is 9.58 Å². The second-order valence-electron chi connectivity index (χ2n) is 4.85. The van der Waals surface area contributed by atoms with E-state index in [1.54, 1.807) is 0 Å². The zero-order valence-corrected chi connectivity index (χ0v) is 14.3. The van der Waals surface area contributed by atoms with Crippen LogP contribution < -0.4 is 5.32 Å². The summed E-state index contributed by atoms with van der Waals surface area (Å²) in [4.78, 5) is 2.48. The molecule has 1 aliphatic heterocycles. The lowest BCUT2D eigenvalue weighted by Crippen LogP contribution is -2.48. The van der Waals surface area contributed by atoms with Crippen LogP contribution in [0.5, 0.6) is 0 Å². The minimum Gasteiger partial charge on any atom is -0.308 e. The highest BCUT2D eigenvalue weighted by Crippen LogP contribution is 2.31. The number of hydrogen-bond donors (Lipinski definition) is 1. The molecule has 0 spiro atoms. The minimum absolute atomic E-state index is 0.333. The number of thioether (sulfide) groups is 1.